The third-order valence-corrected chi connectivity index (χ3v) is 4.86. The van der Waals surface area contributed by atoms with Crippen molar-refractivity contribution < 1.29 is 0 Å². The summed E-state index contributed by atoms with van der Waals surface area (Å²) in [6, 6.07) is 24.8. The zero-order valence-corrected chi connectivity index (χ0v) is 14.4. The Hall–Kier alpha value is -3.20. The van der Waals surface area contributed by atoms with Crippen molar-refractivity contribution in [2.75, 3.05) is 0 Å². The molecule has 0 radical (unpaired) electrons. The maximum Gasteiger partial charge on any atom is 0.139 e. The number of hydrogen-bond donors (Lipinski definition) is 0. The van der Waals surface area contributed by atoms with Crippen LogP contribution in [0.2, 0.25) is 0 Å². The molecule has 1 aliphatic carbocycles. The summed E-state index contributed by atoms with van der Waals surface area (Å²) >= 11 is 0. The van der Waals surface area contributed by atoms with Crippen molar-refractivity contribution in [3.05, 3.63) is 102 Å². The highest BCUT2D eigenvalue weighted by atomic mass is 15.0. The first-order valence-corrected chi connectivity index (χ1v) is 9.05. The number of hydrogen-bond acceptors (Lipinski definition) is 2. The largest absolute Gasteiger partial charge is 0.304 e. The number of pyridine rings is 1. The van der Waals surface area contributed by atoms with Gasteiger partial charge in [0, 0.05) is 41.2 Å². The smallest absolute Gasteiger partial charge is 0.139 e. The predicted octanol–water partition coefficient (Wildman–Crippen LogP) is 5.38. The maximum absolute atomic E-state index is 4.98. The van der Waals surface area contributed by atoms with Crippen LogP contribution in [0.15, 0.2) is 90.2 Å². The molecule has 0 saturated heterocycles. The Balaban J connectivity index is 1.62. The van der Waals surface area contributed by atoms with Crippen molar-refractivity contribution in [2.24, 2.45) is 4.99 Å². The Morgan fingerprint density at radius 1 is 0.885 bits per heavy atom. The fraction of sp³-hybridized carbons (Fsp3) is 0.130. The molecule has 0 unspecified atom stereocenters. The molecule has 0 aliphatic heterocycles. The van der Waals surface area contributed by atoms with Gasteiger partial charge >= 0.3 is 0 Å². The van der Waals surface area contributed by atoms with Gasteiger partial charge in [-0.3, -0.25) is 0 Å². The molecule has 0 bridgehead atoms. The second-order valence-electron chi connectivity index (χ2n) is 6.76. The summed E-state index contributed by atoms with van der Waals surface area (Å²) in [6.07, 6.45) is 6.66. The third kappa shape index (κ3) is 2.82. The molecule has 2 aromatic heterocycles. The SMILES string of the molecule is c1ccc(C(=Nc2ccn3c(C4CC4)cnc3c2)c2ccccc2)cc1. The van der Waals surface area contributed by atoms with E-state index in [4.69, 9.17) is 4.99 Å². The van der Waals surface area contributed by atoms with Gasteiger partial charge in [-0.1, -0.05) is 60.7 Å². The summed E-state index contributed by atoms with van der Waals surface area (Å²) < 4.78 is 2.20. The molecule has 5 rings (SSSR count). The fourth-order valence-electron chi connectivity index (χ4n) is 3.36. The standard InChI is InChI=1S/C23H19N3/c1-3-7-18(8-4-1)23(19-9-5-2-6-10-19)25-20-13-14-26-21(17-11-12-17)16-24-22(26)15-20/h1-10,13-17H,11-12H2. The number of nitrogens with zero attached hydrogens (tertiary/aromatic N) is 3. The molecule has 0 atom stereocenters. The van der Waals surface area contributed by atoms with Crippen LogP contribution < -0.4 is 0 Å². The number of rotatable bonds is 4. The minimum atomic E-state index is 0.684. The maximum atomic E-state index is 4.98. The first-order valence-electron chi connectivity index (χ1n) is 9.05. The summed E-state index contributed by atoms with van der Waals surface area (Å²) in [5, 5.41) is 0. The number of aromatic nitrogens is 2. The van der Waals surface area contributed by atoms with Gasteiger partial charge in [0.2, 0.25) is 0 Å². The monoisotopic (exact) mass is 337 g/mol. The molecule has 1 aliphatic rings. The van der Waals surface area contributed by atoms with Crippen LogP contribution in [0.25, 0.3) is 5.65 Å². The van der Waals surface area contributed by atoms with Crippen LogP contribution in [-0.4, -0.2) is 15.1 Å². The first-order chi connectivity index (χ1) is 12.9. The van der Waals surface area contributed by atoms with Gasteiger partial charge in [0.05, 0.1) is 11.4 Å². The third-order valence-electron chi connectivity index (χ3n) is 4.86. The lowest BCUT2D eigenvalue weighted by Crippen LogP contribution is -2.02. The van der Waals surface area contributed by atoms with Gasteiger partial charge in [0.15, 0.2) is 0 Å². The summed E-state index contributed by atoms with van der Waals surface area (Å²) in [5.41, 5.74) is 6.41. The Bertz CT molecular complexity index is 1030. The lowest BCUT2D eigenvalue weighted by Gasteiger charge is -2.08. The van der Waals surface area contributed by atoms with E-state index in [-0.39, 0.29) is 0 Å². The Kier molecular flexibility index (Phi) is 3.64. The van der Waals surface area contributed by atoms with Crippen molar-refractivity contribution in [1.29, 1.82) is 0 Å². The molecule has 4 aromatic rings. The molecule has 1 saturated carbocycles. The van der Waals surface area contributed by atoms with E-state index in [0.29, 0.717) is 5.92 Å². The van der Waals surface area contributed by atoms with Crippen LogP contribution in [0.1, 0.15) is 35.6 Å². The van der Waals surface area contributed by atoms with Crippen LogP contribution in [0.4, 0.5) is 5.69 Å². The zero-order chi connectivity index (χ0) is 17.3. The van der Waals surface area contributed by atoms with Crippen LogP contribution in [-0.2, 0) is 0 Å². The van der Waals surface area contributed by atoms with Crippen molar-refractivity contribution in [2.45, 2.75) is 18.8 Å². The van der Waals surface area contributed by atoms with Crippen LogP contribution in [0.5, 0.6) is 0 Å². The summed E-state index contributed by atoms with van der Waals surface area (Å²) in [5.74, 6) is 0.684. The number of imidazole rings is 1. The summed E-state index contributed by atoms with van der Waals surface area (Å²) in [4.78, 5) is 9.57. The van der Waals surface area contributed by atoms with Gasteiger partial charge in [-0.25, -0.2) is 9.98 Å². The van der Waals surface area contributed by atoms with Crippen molar-refractivity contribution >= 4 is 17.0 Å². The average molecular weight is 337 g/mol. The average Bonchev–Trinajstić information content (AvgIpc) is 3.46. The van der Waals surface area contributed by atoms with Gasteiger partial charge in [0.1, 0.15) is 5.65 Å². The molecular formula is C23H19N3. The molecule has 1 fully saturated rings. The quantitative estimate of drug-likeness (QED) is 0.460. The summed E-state index contributed by atoms with van der Waals surface area (Å²) in [7, 11) is 0. The van der Waals surface area contributed by atoms with Crippen LogP contribution in [0.3, 0.4) is 0 Å². The topological polar surface area (TPSA) is 29.7 Å². The highest BCUT2D eigenvalue weighted by molar-refractivity contribution is 6.13. The predicted molar refractivity (Wildman–Crippen MR) is 105 cm³/mol. The zero-order valence-electron chi connectivity index (χ0n) is 14.4. The van der Waals surface area contributed by atoms with E-state index in [1.807, 2.05) is 42.6 Å². The number of aliphatic imine (C=N–C) groups is 1. The molecule has 26 heavy (non-hydrogen) atoms. The fourth-order valence-corrected chi connectivity index (χ4v) is 3.36. The molecule has 3 nitrogen and oxygen atoms in total. The number of fused-ring (bicyclic) bond motifs is 1. The lowest BCUT2D eigenvalue weighted by atomic mass is 10.0. The number of benzene rings is 2. The van der Waals surface area contributed by atoms with Crippen molar-refractivity contribution in [3.8, 4) is 0 Å². The van der Waals surface area contributed by atoms with Crippen molar-refractivity contribution in [1.82, 2.24) is 9.38 Å². The second kappa shape index (κ2) is 6.26. The Labute approximate surface area is 152 Å². The molecule has 0 spiro atoms. The highest BCUT2D eigenvalue weighted by Crippen LogP contribution is 2.40. The van der Waals surface area contributed by atoms with Gasteiger partial charge in [-0.2, -0.15) is 0 Å². The Morgan fingerprint density at radius 2 is 1.54 bits per heavy atom. The molecule has 0 N–H and O–H groups in total. The van der Waals surface area contributed by atoms with E-state index in [9.17, 15) is 0 Å². The van der Waals surface area contributed by atoms with E-state index >= 15 is 0 Å². The minimum Gasteiger partial charge on any atom is -0.304 e. The van der Waals surface area contributed by atoms with Crippen LogP contribution in [0, 0.1) is 0 Å². The molecule has 3 heteroatoms. The minimum absolute atomic E-state index is 0.684. The van der Waals surface area contributed by atoms with E-state index < -0.39 is 0 Å². The van der Waals surface area contributed by atoms with Crippen LogP contribution >= 0.6 is 0 Å². The Morgan fingerprint density at radius 3 is 2.15 bits per heavy atom. The highest BCUT2D eigenvalue weighted by Gasteiger charge is 2.26. The van der Waals surface area contributed by atoms with E-state index in [1.165, 1.54) is 18.5 Å². The van der Waals surface area contributed by atoms with Gasteiger partial charge in [0.25, 0.3) is 0 Å². The first kappa shape index (κ1) is 15.1. The van der Waals surface area contributed by atoms with Crippen molar-refractivity contribution in [3.63, 3.8) is 0 Å². The molecule has 2 heterocycles. The molecule has 0 amide bonds. The second-order valence-corrected chi connectivity index (χ2v) is 6.76. The van der Waals surface area contributed by atoms with Gasteiger partial charge < -0.3 is 4.40 Å². The van der Waals surface area contributed by atoms with Gasteiger partial charge in [-0.15, -0.1) is 0 Å². The lowest BCUT2D eigenvalue weighted by molar-refractivity contribution is 0.983. The normalized spacial score (nSPS) is 13.7. The molecule has 2 aromatic carbocycles. The molecule has 126 valence electrons. The van der Waals surface area contributed by atoms with E-state index in [2.05, 4.69) is 52.0 Å². The summed E-state index contributed by atoms with van der Waals surface area (Å²) in [6.45, 7) is 0. The van der Waals surface area contributed by atoms with E-state index in [0.717, 1.165) is 28.2 Å². The van der Waals surface area contributed by atoms with E-state index in [1.54, 1.807) is 0 Å². The molecular weight excluding hydrogens is 318 g/mol. The van der Waals surface area contributed by atoms with Gasteiger partial charge in [-0.05, 0) is 18.9 Å².